The highest BCUT2D eigenvalue weighted by Gasteiger charge is 2.28. The summed E-state index contributed by atoms with van der Waals surface area (Å²) in [7, 11) is -2.44. The first-order valence-electron chi connectivity index (χ1n) is 8.63. The number of nitrogens with one attached hydrogen (secondary N) is 1. The van der Waals surface area contributed by atoms with E-state index in [1.54, 1.807) is 36.4 Å². The standard InChI is InChI=1S/C21H20N2O4S/c1-27-18-12-10-17(11-13-18)21(19(24)15-16-7-3-2-4-8-16)23-28(25,26)20-9-5-6-14-22-20/h2-14,21,23H,15H2,1H3. The van der Waals surface area contributed by atoms with Crippen molar-refractivity contribution in [2.45, 2.75) is 17.5 Å². The lowest BCUT2D eigenvalue weighted by molar-refractivity contribution is -0.120. The van der Waals surface area contributed by atoms with Crippen molar-refractivity contribution in [3.05, 3.63) is 90.1 Å². The van der Waals surface area contributed by atoms with Crippen LogP contribution >= 0.6 is 0 Å². The SMILES string of the molecule is COc1ccc(C(NS(=O)(=O)c2ccccn2)C(=O)Cc2ccccc2)cc1. The van der Waals surface area contributed by atoms with Crippen LogP contribution in [-0.2, 0) is 21.2 Å². The summed E-state index contributed by atoms with van der Waals surface area (Å²) in [6.45, 7) is 0. The number of hydrogen-bond donors (Lipinski definition) is 1. The molecule has 3 aromatic rings. The summed E-state index contributed by atoms with van der Waals surface area (Å²) in [5.41, 5.74) is 1.34. The fourth-order valence-corrected chi connectivity index (χ4v) is 3.89. The molecule has 1 atom stereocenters. The van der Waals surface area contributed by atoms with Crippen molar-refractivity contribution in [3.63, 3.8) is 0 Å². The summed E-state index contributed by atoms with van der Waals surface area (Å²) in [5.74, 6) is 0.349. The van der Waals surface area contributed by atoms with Gasteiger partial charge in [0.15, 0.2) is 10.8 Å². The van der Waals surface area contributed by atoms with Gasteiger partial charge in [-0.2, -0.15) is 4.72 Å². The highest BCUT2D eigenvalue weighted by molar-refractivity contribution is 7.89. The molecule has 0 saturated heterocycles. The van der Waals surface area contributed by atoms with Crippen LogP contribution in [0.1, 0.15) is 17.2 Å². The molecule has 0 aliphatic carbocycles. The number of benzene rings is 2. The van der Waals surface area contributed by atoms with Crippen LogP contribution in [0.15, 0.2) is 84.0 Å². The molecule has 0 bridgehead atoms. The second-order valence-corrected chi connectivity index (χ2v) is 7.78. The molecule has 0 fully saturated rings. The van der Waals surface area contributed by atoms with E-state index in [1.165, 1.54) is 19.4 Å². The molecule has 1 aromatic heterocycles. The molecule has 7 heteroatoms. The predicted octanol–water partition coefficient (Wildman–Crippen LogP) is 2.92. The average Bonchev–Trinajstić information content (AvgIpc) is 2.73. The van der Waals surface area contributed by atoms with Crippen LogP contribution < -0.4 is 9.46 Å². The van der Waals surface area contributed by atoms with E-state index in [2.05, 4.69) is 9.71 Å². The van der Waals surface area contributed by atoms with Crippen molar-refractivity contribution in [2.75, 3.05) is 7.11 Å². The quantitative estimate of drug-likeness (QED) is 0.633. The summed E-state index contributed by atoms with van der Waals surface area (Å²) in [6, 6.07) is 19.5. The van der Waals surface area contributed by atoms with E-state index in [0.29, 0.717) is 11.3 Å². The minimum atomic E-state index is -3.97. The monoisotopic (exact) mass is 396 g/mol. The zero-order valence-corrected chi connectivity index (χ0v) is 16.1. The van der Waals surface area contributed by atoms with Crippen LogP contribution in [0.3, 0.4) is 0 Å². The van der Waals surface area contributed by atoms with Gasteiger partial charge in [-0.1, -0.05) is 48.5 Å². The Morgan fingerprint density at radius 1 is 1.00 bits per heavy atom. The zero-order chi connectivity index (χ0) is 20.0. The summed E-state index contributed by atoms with van der Waals surface area (Å²) in [6.07, 6.45) is 1.49. The summed E-state index contributed by atoms with van der Waals surface area (Å²) >= 11 is 0. The maximum atomic E-state index is 13.0. The van der Waals surface area contributed by atoms with Gasteiger partial charge in [0, 0.05) is 12.6 Å². The minimum Gasteiger partial charge on any atom is -0.497 e. The molecule has 28 heavy (non-hydrogen) atoms. The number of hydrogen-bond acceptors (Lipinski definition) is 5. The Kier molecular flexibility index (Phi) is 6.18. The second kappa shape index (κ2) is 8.77. The number of nitrogens with zero attached hydrogens (tertiary/aromatic N) is 1. The third-order valence-corrected chi connectivity index (χ3v) is 5.52. The number of sulfonamides is 1. The van der Waals surface area contributed by atoms with E-state index < -0.39 is 16.1 Å². The molecule has 6 nitrogen and oxygen atoms in total. The molecule has 0 saturated carbocycles. The Bertz CT molecular complexity index is 1020. The maximum Gasteiger partial charge on any atom is 0.258 e. The van der Waals surface area contributed by atoms with Crippen molar-refractivity contribution in [1.29, 1.82) is 0 Å². The van der Waals surface area contributed by atoms with Gasteiger partial charge >= 0.3 is 0 Å². The molecule has 1 unspecified atom stereocenters. The number of rotatable bonds is 8. The predicted molar refractivity (Wildman–Crippen MR) is 105 cm³/mol. The molecule has 3 rings (SSSR count). The molecule has 0 amide bonds. The molecule has 2 aromatic carbocycles. The van der Waals surface area contributed by atoms with Crippen LogP contribution in [0, 0.1) is 0 Å². The molecule has 144 valence electrons. The van der Waals surface area contributed by atoms with Crippen molar-refractivity contribution in [1.82, 2.24) is 9.71 Å². The maximum absolute atomic E-state index is 13.0. The Labute approximate surface area is 164 Å². The first-order valence-corrected chi connectivity index (χ1v) is 10.1. The Hall–Kier alpha value is -3.03. The van der Waals surface area contributed by atoms with E-state index in [1.807, 2.05) is 30.3 Å². The van der Waals surface area contributed by atoms with E-state index in [9.17, 15) is 13.2 Å². The summed E-state index contributed by atoms with van der Waals surface area (Å²) in [5, 5.41) is -0.138. The van der Waals surface area contributed by atoms with Crippen molar-refractivity contribution in [2.24, 2.45) is 0 Å². The van der Waals surface area contributed by atoms with Crippen LogP contribution in [0.4, 0.5) is 0 Å². The number of carbonyl (C=O) groups excluding carboxylic acids is 1. The van der Waals surface area contributed by atoms with E-state index in [4.69, 9.17) is 4.74 Å². The highest BCUT2D eigenvalue weighted by Crippen LogP contribution is 2.22. The largest absolute Gasteiger partial charge is 0.497 e. The van der Waals surface area contributed by atoms with Gasteiger partial charge in [-0.25, -0.2) is 13.4 Å². The van der Waals surface area contributed by atoms with E-state index >= 15 is 0 Å². The fourth-order valence-electron chi connectivity index (χ4n) is 2.74. The van der Waals surface area contributed by atoms with Gasteiger partial charge in [0.25, 0.3) is 10.0 Å². The van der Waals surface area contributed by atoms with Crippen molar-refractivity contribution >= 4 is 15.8 Å². The number of ether oxygens (including phenoxy) is 1. The van der Waals surface area contributed by atoms with Crippen molar-refractivity contribution < 1.29 is 17.9 Å². The van der Waals surface area contributed by atoms with Gasteiger partial charge in [0.1, 0.15) is 11.8 Å². The van der Waals surface area contributed by atoms with Gasteiger partial charge in [0.05, 0.1) is 7.11 Å². The Morgan fingerprint density at radius 2 is 1.68 bits per heavy atom. The Balaban J connectivity index is 1.92. The van der Waals surface area contributed by atoms with Gasteiger partial charge in [-0.05, 0) is 35.4 Å². The lowest BCUT2D eigenvalue weighted by Gasteiger charge is -2.18. The average molecular weight is 396 g/mol. The van der Waals surface area contributed by atoms with E-state index in [0.717, 1.165) is 5.56 Å². The molecule has 1 heterocycles. The lowest BCUT2D eigenvalue weighted by atomic mass is 9.98. The molecule has 0 aliphatic heterocycles. The number of ketones is 1. The number of Topliss-reactive ketones (excluding diaryl/α,β-unsaturated/α-hetero) is 1. The van der Waals surface area contributed by atoms with Crippen LogP contribution in [0.2, 0.25) is 0 Å². The minimum absolute atomic E-state index is 0.0995. The zero-order valence-electron chi connectivity index (χ0n) is 15.3. The van der Waals surface area contributed by atoms with Crippen LogP contribution in [0.25, 0.3) is 0 Å². The number of methoxy groups -OCH3 is 1. The smallest absolute Gasteiger partial charge is 0.258 e. The van der Waals surface area contributed by atoms with Crippen LogP contribution in [-0.4, -0.2) is 26.3 Å². The number of pyridine rings is 1. The summed E-state index contributed by atoms with van der Waals surface area (Å²) < 4.78 is 33.1. The molecule has 0 aliphatic rings. The number of carbonyl (C=O) groups is 1. The topological polar surface area (TPSA) is 85.4 Å². The third kappa shape index (κ3) is 4.82. The summed E-state index contributed by atoms with van der Waals surface area (Å²) in [4.78, 5) is 16.9. The first kappa shape index (κ1) is 19.7. The van der Waals surface area contributed by atoms with Crippen LogP contribution in [0.5, 0.6) is 5.75 Å². The van der Waals surface area contributed by atoms with Gasteiger partial charge in [-0.3, -0.25) is 4.79 Å². The lowest BCUT2D eigenvalue weighted by Crippen LogP contribution is -2.35. The van der Waals surface area contributed by atoms with Gasteiger partial charge < -0.3 is 4.74 Å². The molecule has 0 spiro atoms. The number of aromatic nitrogens is 1. The highest BCUT2D eigenvalue weighted by atomic mass is 32.2. The van der Waals surface area contributed by atoms with Crippen molar-refractivity contribution in [3.8, 4) is 5.75 Å². The fraction of sp³-hybridized carbons (Fsp3) is 0.143. The third-order valence-electron chi connectivity index (χ3n) is 4.18. The van der Waals surface area contributed by atoms with Gasteiger partial charge in [0.2, 0.25) is 0 Å². The molecular formula is C21H20N2O4S. The molecule has 1 N–H and O–H groups in total. The molecular weight excluding hydrogens is 376 g/mol. The first-order chi connectivity index (χ1) is 13.5. The van der Waals surface area contributed by atoms with Gasteiger partial charge in [-0.15, -0.1) is 0 Å². The normalized spacial score (nSPS) is 12.3. The second-order valence-electron chi connectivity index (χ2n) is 6.12. The van der Waals surface area contributed by atoms with E-state index in [-0.39, 0.29) is 17.2 Å². The molecule has 0 radical (unpaired) electrons. The Morgan fingerprint density at radius 3 is 2.29 bits per heavy atom.